The van der Waals surface area contributed by atoms with Gasteiger partial charge in [0.15, 0.2) is 0 Å². The summed E-state index contributed by atoms with van der Waals surface area (Å²) in [7, 11) is 1.64. The summed E-state index contributed by atoms with van der Waals surface area (Å²) < 4.78 is 5.18. The minimum atomic E-state index is -0.0455. The van der Waals surface area contributed by atoms with Gasteiger partial charge in [0, 0.05) is 5.02 Å². The van der Waals surface area contributed by atoms with Crippen LogP contribution in [-0.4, -0.2) is 13.0 Å². The minimum Gasteiger partial charge on any atom is -0.497 e. The molecule has 2 aromatic carbocycles. The largest absolute Gasteiger partial charge is 0.497 e. The molecule has 0 spiro atoms. The van der Waals surface area contributed by atoms with Crippen molar-refractivity contribution in [2.45, 2.75) is 26.3 Å². The molecule has 0 unspecified atom stereocenters. The summed E-state index contributed by atoms with van der Waals surface area (Å²) in [6.07, 6.45) is 0.277. The third kappa shape index (κ3) is 4.73. The van der Waals surface area contributed by atoms with Crippen molar-refractivity contribution in [1.82, 2.24) is 5.32 Å². The van der Waals surface area contributed by atoms with Crippen molar-refractivity contribution in [2.24, 2.45) is 5.92 Å². The summed E-state index contributed by atoms with van der Waals surface area (Å²) in [6, 6.07) is 15.2. The molecule has 0 aliphatic heterocycles. The van der Waals surface area contributed by atoms with Gasteiger partial charge in [-0.05, 0) is 35.2 Å². The molecule has 0 radical (unpaired) electrons. The molecule has 0 fully saturated rings. The second kappa shape index (κ2) is 8.02. The lowest BCUT2D eigenvalue weighted by molar-refractivity contribution is -0.121. The van der Waals surface area contributed by atoms with E-state index in [-0.39, 0.29) is 24.3 Å². The van der Waals surface area contributed by atoms with Gasteiger partial charge in [-0.25, -0.2) is 0 Å². The van der Waals surface area contributed by atoms with Crippen LogP contribution in [0.25, 0.3) is 0 Å². The molecule has 2 rings (SSSR count). The highest BCUT2D eigenvalue weighted by Crippen LogP contribution is 2.24. The first-order chi connectivity index (χ1) is 11.0. The summed E-state index contributed by atoms with van der Waals surface area (Å²) in [5.41, 5.74) is 1.90. The van der Waals surface area contributed by atoms with Gasteiger partial charge in [0.2, 0.25) is 5.91 Å². The number of benzene rings is 2. The number of carbonyl (C=O) groups excluding carboxylic acids is 1. The highest BCUT2D eigenvalue weighted by Gasteiger charge is 2.19. The van der Waals surface area contributed by atoms with Gasteiger partial charge in [-0.2, -0.15) is 0 Å². The van der Waals surface area contributed by atoms with Gasteiger partial charge in [-0.1, -0.05) is 55.8 Å². The first-order valence-electron chi connectivity index (χ1n) is 7.68. The SMILES string of the molecule is COc1ccc([C@@H](NC(=O)Cc2ccccc2Cl)C(C)C)cc1. The van der Waals surface area contributed by atoms with E-state index in [1.54, 1.807) is 13.2 Å². The molecule has 122 valence electrons. The topological polar surface area (TPSA) is 38.3 Å². The van der Waals surface area contributed by atoms with Crippen LogP contribution in [0.15, 0.2) is 48.5 Å². The molecule has 0 saturated heterocycles. The molecule has 2 aromatic rings. The fourth-order valence-corrected chi connectivity index (χ4v) is 2.69. The Bertz CT molecular complexity index is 653. The lowest BCUT2D eigenvalue weighted by atomic mass is 9.95. The zero-order valence-electron chi connectivity index (χ0n) is 13.7. The van der Waals surface area contributed by atoms with Gasteiger partial charge in [0.25, 0.3) is 0 Å². The summed E-state index contributed by atoms with van der Waals surface area (Å²) in [6.45, 7) is 4.18. The third-order valence-electron chi connectivity index (χ3n) is 3.77. The maximum Gasteiger partial charge on any atom is 0.224 e. The highest BCUT2D eigenvalue weighted by molar-refractivity contribution is 6.31. The van der Waals surface area contributed by atoms with E-state index in [9.17, 15) is 4.79 Å². The average Bonchev–Trinajstić information content (AvgIpc) is 2.55. The van der Waals surface area contributed by atoms with E-state index in [1.807, 2.05) is 42.5 Å². The Morgan fingerprint density at radius 2 is 1.78 bits per heavy atom. The van der Waals surface area contributed by atoms with Crippen LogP contribution in [0.1, 0.15) is 31.0 Å². The van der Waals surface area contributed by atoms with Crippen molar-refractivity contribution in [3.05, 3.63) is 64.7 Å². The zero-order valence-corrected chi connectivity index (χ0v) is 14.4. The van der Waals surface area contributed by atoms with Crippen molar-refractivity contribution in [3.8, 4) is 5.75 Å². The van der Waals surface area contributed by atoms with Crippen LogP contribution >= 0.6 is 11.6 Å². The molecular weight excluding hydrogens is 310 g/mol. The number of hydrogen-bond donors (Lipinski definition) is 1. The van der Waals surface area contributed by atoms with Gasteiger partial charge >= 0.3 is 0 Å². The number of halogens is 1. The lowest BCUT2D eigenvalue weighted by Crippen LogP contribution is -2.32. The van der Waals surface area contributed by atoms with Crippen molar-refractivity contribution >= 4 is 17.5 Å². The van der Waals surface area contributed by atoms with E-state index >= 15 is 0 Å². The van der Waals surface area contributed by atoms with Crippen LogP contribution in [-0.2, 0) is 11.2 Å². The number of ether oxygens (including phenoxy) is 1. The Morgan fingerprint density at radius 3 is 2.35 bits per heavy atom. The van der Waals surface area contributed by atoms with Crippen molar-refractivity contribution < 1.29 is 9.53 Å². The molecule has 3 nitrogen and oxygen atoms in total. The molecule has 1 N–H and O–H groups in total. The molecule has 1 amide bonds. The first kappa shape index (κ1) is 17.4. The van der Waals surface area contributed by atoms with Crippen LogP contribution in [0.3, 0.4) is 0 Å². The van der Waals surface area contributed by atoms with Gasteiger partial charge in [0.05, 0.1) is 19.6 Å². The monoisotopic (exact) mass is 331 g/mol. The molecule has 0 aliphatic rings. The van der Waals surface area contributed by atoms with Crippen LogP contribution in [0, 0.1) is 5.92 Å². The van der Waals surface area contributed by atoms with Crippen molar-refractivity contribution in [2.75, 3.05) is 7.11 Å². The maximum atomic E-state index is 12.4. The summed E-state index contributed by atoms with van der Waals surface area (Å²) in [4.78, 5) is 12.4. The quantitative estimate of drug-likeness (QED) is 0.851. The Morgan fingerprint density at radius 1 is 1.13 bits per heavy atom. The molecule has 23 heavy (non-hydrogen) atoms. The molecule has 4 heteroatoms. The predicted molar refractivity (Wildman–Crippen MR) is 93.9 cm³/mol. The van der Waals surface area contributed by atoms with Crippen molar-refractivity contribution in [3.63, 3.8) is 0 Å². The number of methoxy groups -OCH3 is 1. The second-order valence-electron chi connectivity index (χ2n) is 5.83. The number of amides is 1. The summed E-state index contributed by atoms with van der Waals surface area (Å²) >= 11 is 6.12. The molecule has 0 heterocycles. The summed E-state index contributed by atoms with van der Waals surface area (Å²) in [5.74, 6) is 1.05. The molecule has 0 aromatic heterocycles. The lowest BCUT2D eigenvalue weighted by Gasteiger charge is -2.23. The van der Waals surface area contributed by atoms with Gasteiger partial charge in [0.1, 0.15) is 5.75 Å². The van der Waals surface area contributed by atoms with E-state index < -0.39 is 0 Å². The normalized spacial score (nSPS) is 12.0. The Balaban J connectivity index is 2.09. The van der Waals surface area contributed by atoms with E-state index in [2.05, 4.69) is 19.2 Å². The predicted octanol–water partition coefficient (Wildman–Crippen LogP) is 4.40. The van der Waals surface area contributed by atoms with Gasteiger partial charge in [-0.15, -0.1) is 0 Å². The van der Waals surface area contributed by atoms with Crippen LogP contribution < -0.4 is 10.1 Å². The number of rotatable bonds is 6. The Kier molecular flexibility index (Phi) is 6.05. The van der Waals surface area contributed by atoms with E-state index in [1.165, 1.54) is 0 Å². The Labute approximate surface area is 142 Å². The fraction of sp³-hybridized carbons (Fsp3) is 0.316. The first-order valence-corrected chi connectivity index (χ1v) is 8.05. The molecule has 0 bridgehead atoms. The van der Waals surface area contributed by atoms with E-state index in [0.717, 1.165) is 16.9 Å². The fourth-order valence-electron chi connectivity index (χ4n) is 2.49. The average molecular weight is 332 g/mol. The highest BCUT2D eigenvalue weighted by atomic mass is 35.5. The number of nitrogens with one attached hydrogen (secondary N) is 1. The standard InChI is InChI=1S/C19H22ClNO2/c1-13(2)19(14-8-10-16(23-3)11-9-14)21-18(22)12-15-6-4-5-7-17(15)20/h4-11,13,19H,12H2,1-3H3,(H,21,22)/t19-/m0/s1. The van der Waals surface area contributed by atoms with Crippen LogP contribution in [0.5, 0.6) is 5.75 Å². The van der Waals surface area contributed by atoms with Gasteiger partial charge in [-0.3, -0.25) is 4.79 Å². The number of carbonyl (C=O) groups is 1. The summed E-state index contributed by atoms with van der Waals surface area (Å²) in [5, 5.41) is 3.73. The molecule has 0 aliphatic carbocycles. The minimum absolute atomic E-state index is 0.0346. The second-order valence-corrected chi connectivity index (χ2v) is 6.24. The Hall–Kier alpha value is -2.00. The van der Waals surface area contributed by atoms with Crippen molar-refractivity contribution in [1.29, 1.82) is 0 Å². The molecule has 0 saturated carbocycles. The maximum absolute atomic E-state index is 12.4. The third-order valence-corrected chi connectivity index (χ3v) is 4.14. The molecule has 1 atom stereocenters. The zero-order chi connectivity index (χ0) is 16.8. The smallest absolute Gasteiger partial charge is 0.224 e. The van der Waals surface area contributed by atoms with E-state index in [4.69, 9.17) is 16.3 Å². The number of hydrogen-bond acceptors (Lipinski definition) is 2. The molecular formula is C19H22ClNO2. The van der Waals surface area contributed by atoms with E-state index in [0.29, 0.717) is 5.02 Å². The van der Waals surface area contributed by atoms with Crippen LogP contribution in [0.2, 0.25) is 5.02 Å². The van der Waals surface area contributed by atoms with Gasteiger partial charge < -0.3 is 10.1 Å². The van der Waals surface area contributed by atoms with Crippen LogP contribution in [0.4, 0.5) is 0 Å².